The van der Waals surface area contributed by atoms with Crippen LogP contribution in [0.3, 0.4) is 0 Å². The molecule has 0 radical (unpaired) electrons. The maximum Gasteiger partial charge on any atom is 0.337 e. The minimum absolute atomic E-state index is 0.173. The molecule has 0 aromatic heterocycles. The molecule has 0 spiro atoms. The molecule has 1 fully saturated rings. The second kappa shape index (κ2) is 12.5. The van der Waals surface area contributed by atoms with Crippen LogP contribution in [0.4, 0.5) is 5.69 Å². The molecule has 1 heterocycles. The van der Waals surface area contributed by atoms with Crippen LogP contribution in [0.15, 0.2) is 75.0 Å². The molecular formula is C28H24BrClN2O5S. The van der Waals surface area contributed by atoms with Crippen molar-refractivity contribution in [2.45, 2.75) is 13.5 Å². The van der Waals surface area contributed by atoms with Gasteiger partial charge in [0.1, 0.15) is 6.61 Å². The standard InChI is InChI=1S/C28H24BrClN2O5S/c1-4-36-23-13-19(22(29)15-24(23)37-16-17-5-9-20(30)10-6-17)14-25-26(33)32(2)28(38-25)31-21-11-7-18(8-12-21)27(34)35-3/h5-15H,4,16H2,1-3H3/b25-14-,31-28?. The molecule has 1 aliphatic rings. The van der Waals surface area contributed by atoms with Gasteiger partial charge in [-0.1, -0.05) is 39.7 Å². The van der Waals surface area contributed by atoms with Crippen molar-refractivity contribution in [1.29, 1.82) is 0 Å². The molecule has 0 saturated carbocycles. The minimum Gasteiger partial charge on any atom is -0.490 e. The second-order valence-electron chi connectivity index (χ2n) is 8.08. The quantitative estimate of drug-likeness (QED) is 0.199. The van der Waals surface area contributed by atoms with Crippen LogP contribution in [-0.2, 0) is 16.1 Å². The molecular weight excluding hydrogens is 592 g/mol. The topological polar surface area (TPSA) is 77.4 Å². The van der Waals surface area contributed by atoms with Gasteiger partial charge >= 0.3 is 5.97 Å². The van der Waals surface area contributed by atoms with Crippen LogP contribution < -0.4 is 9.47 Å². The van der Waals surface area contributed by atoms with Crippen molar-refractivity contribution < 1.29 is 23.8 Å². The fraction of sp³-hybridized carbons (Fsp3) is 0.179. The van der Waals surface area contributed by atoms with Crippen molar-refractivity contribution in [1.82, 2.24) is 4.90 Å². The van der Waals surface area contributed by atoms with Crippen LogP contribution in [0.5, 0.6) is 11.5 Å². The number of esters is 1. The Morgan fingerprint density at radius 2 is 1.76 bits per heavy atom. The van der Waals surface area contributed by atoms with Gasteiger partial charge in [0.25, 0.3) is 5.91 Å². The molecule has 7 nitrogen and oxygen atoms in total. The molecule has 38 heavy (non-hydrogen) atoms. The third-order valence-corrected chi connectivity index (χ3v) is 7.47. The molecule has 0 aliphatic carbocycles. The summed E-state index contributed by atoms with van der Waals surface area (Å²) in [6.07, 6.45) is 1.79. The van der Waals surface area contributed by atoms with Crippen LogP contribution in [0.1, 0.15) is 28.4 Å². The summed E-state index contributed by atoms with van der Waals surface area (Å²) in [4.78, 5) is 31.2. The number of thioether (sulfide) groups is 1. The summed E-state index contributed by atoms with van der Waals surface area (Å²) in [5.74, 6) is 0.555. The first-order valence-electron chi connectivity index (χ1n) is 11.6. The summed E-state index contributed by atoms with van der Waals surface area (Å²) in [6, 6.07) is 17.8. The zero-order chi connectivity index (χ0) is 27.2. The highest BCUT2D eigenvalue weighted by Gasteiger charge is 2.30. The molecule has 4 rings (SSSR count). The first kappa shape index (κ1) is 27.8. The molecule has 0 atom stereocenters. The summed E-state index contributed by atoms with van der Waals surface area (Å²) in [7, 11) is 3.00. The largest absolute Gasteiger partial charge is 0.490 e. The smallest absolute Gasteiger partial charge is 0.337 e. The fourth-order valence-corrected chi connectivity index (χ4v) is 5.02. The van der Waals surface area contributed by atoms with E-state index >= 15 is 0 Å². The molecule has 1 aliphatic heterocycles. The second-order valence-corrected chi connectivity index (χ2v) is 10.4. The number of nitrogens with zero attached hydrogens (tertiary/aromatic N) is 2. The van der Waals surface area contributed by atoms with E-state index in [1.807, 2.05) is 43.3 Å². The van der Waals surface area contributed by atoms with Gasteiger partial charge in [-0.3, -0.25) is 9.69 Å². The van der Waals surface area contributed by atoms with Gasteiger partial charge in [-0.25, -0.2) is 9.79 Å². The number of methoxy groups -OCH3 is 1. The zero-order valence-electron chi connectivity index (χ0n) is 20.9. The Balaban J connectivity index is 1.56. The number of amides is 1. The lowest BCUT2D eigenvalue weighted by molar-refractivity contribution is -0.121. The maximum absolute atomic E-state index is 13.0. The summed E-state index contributed by atoms with van der Waals surface area (Å²) < 4.78 is 17.3. The molecule has 0 bridgehead atoms. The number of amidine groups is 1. The Bertz CT molecular complexity index is 1410. The monoisotopic (exact) mass is 614 g/mol. The Hall–Kier alpha value is -3.27. The zero-order valence-corrected chi connectivity index (χ0v) is 24.0. The van der Waals surface area contributed by atoms with Gasteiger partial charge in [-0.05, 0) is 84.4 Å². The summed E-state index contributed by atoms with van der Waals surface area (Å²) in [6.45, 7) is 2.70. The van der Waals surface area contributed by atoms with Gasteiger partial charge < -0.3 is 14.2 Å². The summed E-state index contributed by atoms with van der Waals surface area (Å²) in [5, 5.41) is 1.19. The molecule has 3 aromatic carbocycles. The predicted octanol–water partition coefficient (Wildman–Crippen LogP) is 7.10. The highest BCUT2D eigenvalue weighted by molar-refractivity contribution is 9.10. The van der Waals surface area contributed by atoms with E-state index in [-0.39, 0.29) is 5.91 Å². The SMILES string of the molecule is CCOc1cc(/C=C2\SC(=Nc3ccc(C(=O)OC)cc3)N(C)C2=O)c(Br)cc1OCc1ccc(Cl)cc1. The van der Waals surface area contributed by atoms with E-state index in [9.17, 15) is 9.59 Å². The van der Waals surface area contributed by atoms with E-state index in [1.165, 1.54) is 23.8 Å². The average Bonchev–Trinajstić information content (AvgIpc) is 3.18. The fourth-order valence-electron chi connectivity index (χ4n) is 3.48. The lowest BCUT2D eigenvalue weighted by Gasteiger charge is -2.14. The molecule has 1 saturated heterocycles. The number of carbonyl (C=O) groups is 2. The Morgan fingerprint density at radius 3 is 2.42 bits per heavy atom. The number of rotatable bonds is 8. The van der Waals surface area contributed by atoms with E-state index < -0.39 is 5.97 Å². The lowest BCUT2D eigenvalue weighted by atomic mass is 10.1. The molecule has 196 valence electrons. The van der Waals surface area contributed by atoms with Crippen LogP contribution in [0, 0.1) is 0 Å². The normalized spacial score (nSPS) is 15.3. The molecule has 3 aromatic rings. The van der Waals surface area contributed by atoms with Crippen molar-refractivity contribution >= 4 is 68.1 Å². The molecule has 0 unspecified atom stereocenters. The lowest BCUT2D eigenvalue weighted by Crippen LogP contribution is -2.23. The third-order valence-electron chi connectivity index (χ3n) is 5.47. The number of halogens is 2. The number of aliphatic imine (C=N–C) groups is 1. The highest BCUT2D eigenvalue weighted by atomic mass is 79.9. The van der Waals surface area contributed by atoms with Crippen LogP contribution in [-0.4, -0.2) is 42.7 Å². The number of hydrogen-bond donors (Lipinski definition) is 0. The Kier molecular flexibility index (Phi) is 9.14. The Labute approximate surface area is 238 Å². The first-order chi connectivity index (χ1) is 18.3. The molecule has 10 heteroatoms. The van der Waals surface area contributed by atoms with Crippen molar-refractivity contribution in [3.8, 4) is 11.5 Å². The van der Waals surface area contributed by atoms with Crippen molar-refractivity contribution in [3.63, 3.8) is 0 Å². The van der Waals surface area contributed by atoms with E-state index in [1.54, 1.807) is 37.4 Å². The highest BCUT2D eigenvalue weighted by Crippen LogP contribution is 2.38. The van der Waals surface area contributed by atoms with E-state index in [2.05, 4.69) is 20.9 Å². The van der Waals surface area contributed by atoms with E-state index in [0.717, 1.165) is 15.6 Å². The minimum atomic E-state index is -0.421. The predicted molar refractivity (Wildman–Crippen MR) is 154 cm³/mol. The van der Waals surface area contributed by atoms with Gasteiger partial charge in [0.2, 0.25) is 0 Å². The van der Waals surface area contributed by atoms with Gasteiger partial charge in [0.05, 0.1) is 29.9 Å². The van der Waals surface area contributed by atoms with Gasteiger partial charge in [0.15, 0.2) is 16.7 Å². The van der Waals surface area contributed by atoms with Crippen LogP contribution in [0.2, 0.25) is 5.02 Å². The van der Waals surface area contributed by atoms with Crippen LogP contribution >= 0.6 is 39.3 Å². The summed E-state index contributed by atoms with van der Waals surface area (Å²) >= 11 is 10.8. The number of benzene rings is 3. The Morgan fingerprint density at radius 1 is 1.08 bits per heavy atom. The maximum atomic E-state index is 13.0. The van der Waals surface area contributed by atoms with E-state index in [4.69, 9.17) is 25.8 Å². The molecule has 0 N–H and O–H groups in total. The number of carbonyl (C=O) groups excluding carboxylic acids is 2. The third kappa shape index (κ3) is 6.59. The van der Waals surface area contributed by atoms with Crippen molar-refractivity contribution in [2.75, 3.05) is 20.8 Å². The summed E-state index contributed by atoms with van der Waals surface area (Å²) in [5.41, 5.74) is 2.78. The van der Waals surface area contributed by atoms with Crippen molar-refractivity contribution in [2.24, 2.45) is 4.99 Å². The van der Waals surface area contributed by atoms with Gasteiger partial charge in [-0.2, -0.15) is 0 Å². The molecule has 1 amide bonds. The van der Waals surface area contributed by atoms with E-state index in [0.29, 0.717) is 51.1 Å². The van der Waals surface area contributed by atoms with Gasteiger partial charge in [0, 0.05) is 16.5 Å². The number of likely N-dealkylation sites (N-methyl/N-ethyl adjacent to an activating group) is 1. The van der Waals surface area contributed by atoms with Crippen LogP contribution in [0.25, 0.3) is 6.08 Å². The first-order valence-corrected chi connectivity index (χ1v) is 13.6. The number of hydrogen-bond acceptors (Lipinski definition) is 7. The van der Waals surface area contributed by atoms with Gasteiger partial charge in [-0.15, -0.1) is 0 Å². The number of ether oxygens (including phenoxy) is 3. The van der Waals surface area contributed by atoms with Crippen molar-refractivity contribution in [3.05, 3.63) is 91.8 Å². The average molecular weight is 616 g/mol.